The summed E-state index contributed by atoms with van der Waals surface area (Å²) >= 11 is 1.52. The van der Waals surface area contributed by atoms with Gasteiger partial charge >= 0.3 is 0 Å². The first-order chi connectivity index (χ1) is 8.97. The van der Waals surface area contributed by atoms with Gasteiger partial charge in [-0.05, 0) is 23.1 Å². The second kappa shape index (κ2) is 7.35. The van der Waals surface area contributed by atoms with E-state index in [9.17, 15) is 0 Å². The molecule has 3 rings (SSSR count). The molecule has 0 unspecified atom stereocenters. The smallest absolute Gasteiger partial charge is 0.0980 e. The Hall–Kier alpha value is -2.00. The normalized spacial score (nSPS) is 12.2. The molecule has 0 atom stereocenters. The highest BCUT2D eigenvalue weighted by molar-refractivity contribution is 8.00. The molecule has 0 spiro atoms. The number of nitrogens with one attached hydrogen (secondary N) is 1. The van der Waals surface area contributed by atoms with Crippen molar-refractivity contribution in [3.63, 3.8) is 0 Å². The summed E-state index contributed by atoms with van der Waals surface area (Å²) in [5.41, 5.74) is 2.55. The van der Waals surface area contributed by atoms with Crippen molar-refractivity contribution in [1.29, 1.82) is 0 Å². The van der Waals surface area contributed by atoms with Crippen LogP contribution in [0.5, 0.6) is 0 Å². The van der Waals surface area contributed by atoms with Crippen molar-refractivity contribution < 1.29 is 0 Å². The molecule has 0 radical (unpaired) electrons. The van der Waals surface area contributed by atoms with Gasteiger partial charge in [0.1, 0.15) is 0 Å². The Bertz CT molecular complexity index is 457. The van der Waals surface area contributed by atoms with Gasteiger partial charge in [0.25, 0.3) is 0 Å². The van der Waals surface area contributed by atoms with Gasteiger partial charge in [-0.25, -0.2) is 4.99 Å². The summed E-state index contributed by atoms with van der Waals surface area (Å²) in [4.78, 5) is 3.74. The first-order valence-corrected chi connectivity index (χ1v) is 6.53. The van der Waals surface area contributed by atoms with E-state index < -0.39 is 0 Å². The zero-order valence-corrected chi connectivity index (χ0v) is 10.7. The average Bonchev–Trinajstić information content (AvgIpc) is 2.51. The molecule has 0 aliphatic carbocycles. The van der Waals surface area contributed by atoms with E-state index in [-0.39, 0.29) is 0 Å². The Balaban J connectivity index is 0.000000169. The van der Waals surface area contributed by atoms with E-state index in [0.29, 0.717) is 0 Å². The van der Waals surface area contributed by atoms with Crippen LogP contribution in [0.25, 0.3) is 11.1 Å². The van der Waals surface area contributed by atoms with Crippen LogP contribution >= 0.6 is 11.9 Å². The minimum atomic E-state index is 1.28. The van der Waals surface area contributed by atoms with Crippen LogP contribution in [-0.2, 0) is 0 Å². The third-order valence-electron chi connectivity index (χ3n) is 2.29. The average molecular weight is 254 g/mol. The first-order valence-electron chi connectivity index (χ1n) is 5.65. The van der Waals surface area contributed by atoms with Crippen LogP contribution in [0, 0.1) is 0 Å². The molecule has 1 aliphatic rings. The maximum atomic E-state index is 3.74. The Morgan fingerprint density at radius 1 is 0.778 bits per heavy atom. The van der Waals surface area contributed by atoms with Crippen molar-refractivity contribution in [1.82, 2.24) is 4.72 Å². The highest BCUT2D eigenvalue weighted by atomic mass is 32.2. The fourth-order valence-electron chi connectivity index (χ4n) is 1.47. The van der Waals surface area contributed by atoms with E-state index >= 15 is 0 Å². The zero-order valence-electron chi connectivity index (χ0n) is 9.86. The van der Waals surface area contributed by atoms with Gasteiger partial charge in [0.05, 0.1) is 6.34 Å². The lowest BCUT2D eigenvalue weighted by molar-refractivity contribution is 1.48. The van der Waals surface area contributed by atoms with Crippen LogP contribution in [0.4, 0.5) is 0 Å². The topological polar surface area (TPSA) is 24.4 Å². The quantitative estimate of drug-likeness (QED) is 0.775. The molecular formula is C15H14N2S. The molecule has 0 fully saturated rings. The van der Waals surface area contributed by atoms with Gasteiger partial charge in [0.2, 0.25) is 0 Å². The Kier molecular flexibility index (Phi) is 5.09. The van der Waals surface area contributed by atoms with Crippen molar-refractivity contribution in [3.05, 3.63) is 72.3 Å². The SMILES string of the molecule is C1=CSNC=N1.c1ccc(-c2ccccc2)cc1. The minimum absolute atomic E-state index is 1.28. The summed E-state index contributed by atoms with van der Waals surface area (Å²) in [5, 5.41) is 1.88. The second-order valence-corrected chi connectivity index (χ2v) is 4.27. The van der Waals surface area contributed by atoms with E-state index in [4.69, 9.17) is 0 Å². The van der Waals surface area contributed by atoms with Crippen LogP contribution in [0.2, 0.25) is 0 Å². The van der Waals surface area contributed by atoms with Crippen molar-refractivity contribution in [2.24, 2.45) is 4.99 Å². The predicted octanol–water partition coefficient (Wildman–Crippen LogP) is 4.09. The number of nitrogens with zero attached hydrogens (tertiary/aromatic N) is 1. The van der Waals surface area contributed by atoms with Gasteiger partial charge in [-0.15, -0.1) is 0 Å². The fourth-order valence-corrected chi connectivity index (χ4v) is 1.80. The molecule has 1 heterocycles. The molecular weight excluding hydrogens is 240 g/mol. The maximum Gasteiger partial charge on any atom is 0.0980 e. The Labute approximate surface area is 112 Å². The van der Waals surface area contributed by atoms with Gasteiger partial charge in [0.15, 0.2) is 0 Å². The predicted molar refractivity (Wildman–Crippen MR) is 80.2 cm³/mol. The van der Waals surface area contributed by atoms with Crippen LogP contribution in [0.15, 0.2) is 77.3 Å². The number of aliphatic imine (C=N–C) groups is 1. The van der Waals surface area contributed by atoms with Gasteiger partial charge in [-0.2, -0.15) is 0 Å². The second-order valence-electron chi connectivity index (χ2n) is 3.53. The summed E-state index contributed by atoms with van der Waals surface area (Å²) < 4.78 is 2.82. The lowest BCUT2D eigenvalue weighted by Crippen LogP contribution is -1.97. The highest BCUT2D eigenvalue weighted by Gasteiger charge is 1.91. The molecule has 0 bridgehead atoms. The lowest BCUT2D eigenvalue weighted by Gasteiger charge is -1.98. The van der Waals surface area contributed by atoms with E-state index in [0.717, 1.165) is 0 Å². The van der Waals surface area contributed by atoms with Crippen molar-refractivity contribution in [2.75, 3.05) is 0 Å². The molecule has 0 amide bonds. The summed E-state index contributed by atoms with van der Waals surface area (Å²) in [6, 6.07) is 20.8. The largest absolute Gasteiger partial charge is 0.317 e. The standard InChI is InChI=1S/C12H10.C3H4N2S/c1-3-7-11(8-4-1)12-9-5-2-6-10-12;1-2-6-5-3-4-1/h1-10H;1-3H,(H,4,5). The summed E-state index contributed by atoms with van der Waals surface area (Å²) in [7, 11) is 0. The zero-order chi connectivity index (χ0) is 12.5. The van der Waals surface area contributed by atoms with Gasteiger partial charge in [-0.3, -0.25) is 0 Å². The van der Waals surface area contributed by atoms with Crippen molar-refractivity contribution in [2.45, 2.75) is 0 Å². The van der Waals surface area contributed by atoms with Crippen LogP contribution < -0.4 is 4.72 Å². The summed E-state index contributed by atoms with van der Waals surface area (Å²) in [5.74, 6) is 0. The lowest BCUT2D eigenvalue weighted by atomic mass is 10.1. The van der Waals surface area contributed by atoms with Crippen LogP contribution in [-0.4, -0.2) is 6.34 Å². The third kappa shape index (κ3) is 4.11. The number of benzene rings is 2. The van der Waals surface area contributed by atoms with E-state index in [2.05, 4.69) is 58.2 Å². The maximum absolute atomic E-state index is 3.74. The monoisotopic (exact) mass is 254 g/mol. The molecule has 0 saturated carbocycles. The van der Waals surface area contributed by atoms with Gasteiger partial charge < -0.3 is 4.72 Å². The molecule has 90 valence electrons. The molecule has 2 aromatic carbocycles. The van der Waals surface area contributed by atoms with E-state index in [1.54, 1.807) is 12.5 Å². The molecule has 18 heavy (non-hydrogen) atoms. The first kappa shape index (κ1) is 12.5. The highest BCUT2D eigenvalue weighted by Crippen LogP contribution is 2.17. The van der Waals surface area contributed by atoms with Crippen molar-refractivity contribution in [3.8, 4) is 11.1 Å². The van der Waals surface area contributed by atoms with Crippen molar-refractivity contribution >= 4 is 18.3 Å². The van der Waals surface area contributed by atoms with Gasteiger partial charge in [0, 0.05) is 11.6 Å². The number of hydrogen-bond donors (Lipinski definition) is 1. The Morgan fingerprint density at radius 3 is 1.61 bits per heavy atom. The number of rotatable bonds is 1. The third-order valence-corrected chi connectivity index (χ3v) is 2.79. The van der Waals surface area contributed by atoms with Crippen LogP contribution in [0.3, 0.4) is 0 Å². The summed E-state index contributed by atoms with van der Waals surface area (Å²) in [6.45, 7) is 0. The van der Waals surface area contributed by atoms with Gasteiger partial charge in [-0.1, -0.05) is 60.7 Å². The Morgan fingerprint density at radius 2 is 1.33 bits per heavy atom. The molecule has 0 aromatic heterocycles. The molecule has 1 N–H and O–H groups in total. The number of hydrogen-bond acceptors (Lipinski definition) is 3. The molecule has 0 saturated heterocycles. The van der Waals surface area contributed by atoms with E-state index in [1.807, 2.05) is 17.5 Å². The van der Waals surface area contributed by atoms with E-state index in [1.165, 1.54) is 23.1 Å². The molecule has 1 aliphatic heterocycles. The molecule has 2 aromatic rings. The molecule has 3 heteroatoms. The summed E-state index contributed by atoms with van der Waals surface area (Å²) in [6.07, 6.45) is 3.38. The fraction of sp³-hybridized carbons (Fsp3) is 0. The molecule has 2 nitrogen and oxygen atoms in total. The van der Waals surface area contributed by atoms with Crippen LogP contribution in [0.1, 0.15) is 0 Å². The minimum Gasteiger partial charge on any atom is -0.317 e.